The fourth-order valence-corrected chi connectivity index (χ4v) is 2.90. The number of ether oxygens (including phenoxy) is 2. The number of hydrogen-bond donors (Lipinski definition) is 1. The topological polar surface area (TPSA) is 64.6 Å². The molecule has 0 aromatic heterocycles. The van der Waals surface area contributed by atoms with Crippen LogP contribution >= 0.6 is 11.6 Å². The van der Waals surface area contributed by atoms with E-state index in [0.717, 1.165) is 5.56 Å². The minimum absolute atomic E-state index is 0.231. The normalized spacial score (nSPS) is 15.8. The van der Waals surface area contributed by atoms with Crippen LogP contribution in [0.5, 0.6) is 5.75 Å². The molecule has 0 saturated carbocycles. The van der Waals surface area contributed by atoms with Gasteiger partial charge in [-0.05, 0) is 30.3 Å². The number of nitrogens with one attached hydrogen (secondary N) is 1. The minimum atomic E-state index is -0.545. The third-order valence-corrected chi connectivity index (χ3v) is 4.13. The van der Waals surface area contributed by atoms with Gasteiger partial charge in [-0.2, -0.15) is 0 Å². The second-order valence-corrected chi connectivity index (χ2v) is 5.82. The maximum atomic E-state index is 12.7. The molecular formula is C18H16ClNO4. The largest absolute Gasteiger partial charge is 0.493 e. The number of carbonyl (C=O) groups is 2. The van der Waals surface area contributed by atoms with Gasteiger partial charge in [0.25, 0.3) is 5.91 Å². The van der Waals surface area contributed by atoms with Crippen molar-refractivity contribution in [3.8, 4) is 5.75 Å². The Balaban J connectivity index is 1.87. The summed E-state index contributed by atoms with van der Waals surface area (Å²) in [6.45, 7) is 0.498. The zero-order chi connectivity index (χ0) is 17.1. The predicted octanol–water partition coefficient (Wildman–Crippen LogP) is 3.38. The van der Waals surface area contributed by atoms with E-state index in [9.17, 15) is 9.59 Å². The Morgan fingerprint density at radius 2 is 1.96 bits per heavy atom. The summed E-state index contributed by atoms with van der Waals surface area (Å²) in [6, 6.07) is 11.6. The predicted molar refractivity (Wildman–Crippen MR) is 89.6 cm³/mol. The first kappa shape index (κ1) is 16.3. The standard InChI is InChI=1S/C18H16ClNO4/c1-23-18(22)13-5-3-2-4-12(13)17(21)20-15-8-9-24-16-7-6-11(19)10-14(15)16/h2-7,10,15H,8-9H2,1H3,(H,20,21). The third-order valence-electron chi connectivity index (χ3n) is 3.89. The Kier molecular flexibility index (Phi) is 4.71. The van der Waals surface area contributed by atoms with Crippen LogP contribution in [0.3, 0.4) is 0 Å². The van der Waals surface area contributed by atoms with Crippen LogP contribution in [-0.2, 0) is 4.74 Å². The second kappa shape index (κ2) is 6.93. The highest BCUT2D eigenvalue weighted by molar-refractivity contribution is 6.30. The molecule has 124 valence electrons. The molecule has 1 atom stereocenters. The summed E-state index contributed by atoms with van der Waals surface area (Å²) in [7, 11) is 1.29. The first-order chi connectivity index (χ1) is 11.6. The Bertz CT molecular complexity index is 790. The molecule has 3 rings (SSSR count). The molecular weight excluding hydrogens is 330 g/mol. The summed E-state index contributed by atoms with van der Waals surface area (Å²) in [5, 5.41) is 3.53. The molecule has 5 nitrogen and oxygen atoms in total. The zero-order valence-electron chi connectivity index (χ0n) is 13.0. The van der Waals surface area contributed by atoms with Crippen LogP contribution in [0, 0.1) is 0 Å². The Morgan fingerprint density at radius 3 is 2.71 bits per heavy atom. The number of hydrogen-bond acceptors (Lipinski definition) is 4. The zero-order valence-corrected chi connectivity index (χ0v) is 13.8. The highest BCUT2D eigenvalue weighted by atomic mass is 35.5. The van der Waals surface area contributed by atoms with Crippen LogP contribution in [-0.4, -0.2) is 25.6 Å². The van der Waals surface area contributed by atoms with Crippen LogP contribution < -0.4 is 10.1 Å². The summed E-state index contributed by atoms with van der Waals surface area (Å²) in [4.78, 5) is 24.5. The first-order valence-electron chi connectivity index (χ1n) is 7.50. The fourth-order valence-electron chi connectivity index (χ4n) is 2.72. The molecule has 1 aliphatic heterocycles. The van der Waals surface area contributed by atoms with Gasteiger partial charge in [0.2, 0.25) is 0 Å². The molecule has 24 heavy (non-hydrogen) atoms. The van der Waals surface area contributed by atoms with Crippen molar-refractivity contribution in [1.82, 2.24) is 5.32 Å². The van der Waals surface area contributed by atoms with Crippen molar-refractivity contribution >= 4 is 23.5 Å². The molecule has 6 heteroatoms. The second-order valence-electron chi connectivity index (χ2n) is 5.38. The Hall–Kier alpha value is -2.53. The molecule has 0 bridgehead atoms. The van der Waals surface area contributed by atoms with Crippen molar-refractivity contribution in [2.75, 3.05) is 13.7 Å². The van der Waals surface area contributed by atoms with E-state index in [-0.39, 0.29) is 23.1 Å². The van der Waals surface area contributed by atoms with E-state index in [4.69, 9.17) is 21.1 Å². The SMILES string of the molecule is COC(=O)c1ccccc1C(=O)NC1CCOc2ccc(Cl)cc21. The minimum Gasteiger partial charge on any atom is -0.493 e. The number of fused-ring (bicyclic) bond motifs is 1. The van der Waals surface area contributed by atoms with Crippen LogP contribution in [0.15, 0.2) is 42.5 Å². The number of methoxy groups -OCH3 is 1. The lowest BCUT2D eigenvalue weighted by atomic mass is 9.99. The van der Waals surface area contributed by atoms with Crippen LogP contribution in [0.25, 0.3) is 0 Å². The van der Waals surface area contributed by atoms with Crippen LogP contribution in [0.4, 0.5) is 0 Å². The average Bonchev–Trinajstić information content (AvgIpc) is 2.61. The first-order valence-corrected chi connectivity index (χ1v) is 7.88. The number of halogens is 1. The van der Waals surface area contributed by atoms with E-state index >= 15 is 0 Å². The number of carbonyl (C=O) groups excluding carboxylic acids is 2. The van der Waals surface area contributed by atoms with Crippen LogP contribution in [0.1, 0.15) is 38.7 Å². The molecule has 2 aromatic rings. The van der Waals surface area contributed by atoms with E-state index in [1.807, 2.05) is 0 Å². The number of esters is 1. The Labute approximate surface area is 144 Å². The molecule has 0 spiro atoms. The molecule has 1 amide bonds. The van der Waals surface area contributed by atoms with Gasteiger partial charge < -0.3 is 14.8 Å². The van der Waals surface area contributed by atoms with Crippen molar-refractivity contribution in [3.63, 3.8) is 0 Å². The van der Waals surface area contributed by atoms with E-state index in [1.165, 1.54) is 7.11 Å². The highest BCUT2D eigenvalue weighted by Crippen LogP contribution is 2.34. The van der Waals surface area contributed by atoms with Gasteiger partial charge in [-0.3, -0.25) is 4.79 Å². The quantitative estimate of drug-likeness (QED) is 0.866. The van der Waals surface area contributed by atoms with Gasteiger partial charge in [-0.25, -0.2) is 4.79 Å². The number of rotatable bonds is 3. The highest BCUT2D eigenvalue weighted by Gasteiger charge is 2.25. The molecule has 0 fully saturated rings. The van der Waals surface area contributed by atoms with Crippen molar-refractivity contribution in [2.24, 2.45) is 0 Å². The van der Waals surface area contributed by atoms with E-state index < -0.39 is 5.97 Å². The van der Waals surface area contributed by atoms with E-state index in [2.05, 4.69) is 5.32 Å². The summed E-state index contributed by atoms with van der Waals surface area (Å²) in [6.07, 6.45) is 0.624. The molecule has 1 N–H and O–H groups in total. The smallest absolute Gasteiger partial charge is 0.338 e. The lowest BCUT2D eigenvalue weighted by Crippen LogP contribution is -2.33. The maximum Gasteiger partial charge on any atom is 0.338 e. The summed E-state index contributed by atoms with van der Waals surface area (Å²) < 4.78 is 10.3. The third kappa shape index (κ3) is 3.21. The van der Waals surface area contributed by atoms with Crippen molar-refractivity contribution in [3.05, 3.63) is 64.2 Å². The molecule has 1 aliphatic rings. The molecule has 0 aliphatic carbocycles. The van der Waals surface area contributed by atoms with Gasteiger partial charge in [-0.15, -0.1) is 0 Å². The molecule has 2 aromatic carbocycles. The van der Waals surface area contributed by atoms with Crippen molar-refractivity contribution in [2.45, 2.75) is 12.5 Å². The van der Waals surface area contributed by atoms with Gasteiger partial charge in [0.1, 0.15) is 5.75 Å². The lowest BCUT2D eigenvalue weighted by Gasteiger charge is -2.27. The maximum absolute atomic E-state index is 12.7. The number of benzene rings is 2. The van der Waals surface area contributed by atoms with Crippen molar-refractivity contribution in [1.29, 1.82) is 0 Å². The molecule has 0 radical (unpaired) electrons. The summed E-state index contributed by atoms with van der Waals surface area (Å²) >= 11 is 6.05. The van der Waals surface area contributed by atoms with E-state index in [1.54, 1.807) is 42.5 Å². The van der Waals surface area contributed by atoms with E-state index in [0.29, 0.717) is 23.8 Å². The number of amides is 1. The van der Waals surface area contributed by atoms with Gasteiger partial charge in [0.05, 0.1) is 30.9 Å². The van der Waals surface area contributed by atoms with Gasteiger partial charge in [0.15, 0.2) is 0 Å². The average molecular weight is 346 g/mol. The monoisotopic (exact) mass is 345 g/mol. The lowest BCUT2D eigenvalue weighted by molar-refractivity contribution is 0.0596. The van der Waals surface area contributed by atoms with Gasteiger partial charge >= 0.3 is 5.97 Å². The van der Waals surface area contributed by atoms with Crippen LogP contribution in [0.2, 0.25) is 5.02 Å². The van der Waals surface area contributed by atoms with Gasteiger partial charge in [-0.1, -0.05) is 23.7 Å². The molecule has 1 unspecified atom stereocenters. The summed E-state index contributed by atoms with van der Waals surface area (Å²) in [5.74, 6) is -0.179. The summed E-state index contributed by atoms with van der Waals surface area (Å²) in [5.41, 5.74) is 1.34. The van der Waals surface area contributed by atoms with Gasteiger partial charge in [0, 0.05) is 17.0 Å². The Morgan fingerprint density at radius 1 is 1.21 bits per heavy atom. The fraction of sp³-hybridized carbons (Fsp3) is 0.222. The molecule has 1 heterocycles. The van der Waals surface area contributed by atoms with Crippen molar-refractivity contribution < 1.29 is 19.1 Å². The molecule has 0 saturated heterocycles.